The van der Waals surface area contributed by atoms with Crippen LogP contribution in [0.4, 0.5) is 0 Å². The molecule has 0 saturated heterocycles. The van der Waals surface area contributed by atoms with E-state index in [0.29, 0.717) is 40.5 Å². The first kappa shape index (κ1) is 27.7. The van der Waals surface area contributed by atoms with E-state index < -0.39 is 0 Å². The quantitative estimate of drug-likeness (QED) is 0.166. The molecular formula is C34H27BrN6. The highest BCUT2D eigenvalue weighted by Crippen LogP contribution is 2.31. The van der Waals surface area contributed by atoms with Gasteiger partial charge in [-0.05, 0) is 37.6 Å². The minimum atomic E-state index is 0.499. The first-order valence-electron chi connectivity index (χ1n) is 13.0. The molecule has 6 nitrogen and oxygen atoms in total. The third-order valence-corrected chi connectivity index (χ3v) is 6.58. The molecule has 0 amide bonds. The summed E-state index contributed by atoms with van der Waals surface area (Å²) in [7, 11) is 0. The van der Waals surface area contributed by atoms with Gasteiger partial charge in [-0.3, -0.25) is 0 Å². The lowest BCUT2D eigenvalue weighted by Crippen LogP contribution is -2.04. The summed E-state index contributed by atoms with van der Waals surface area (Å²) in [5.41, 5.74) is 4.94. The van der Waals surface area contributed by atoms with Gasteiger partial charge in [-0.1, -0.05) is 114 Å². The molecule has 0 saturated carbocycles. The lowest BCUT2D eigenvalue weighted by atomic mass is 10.1. The Morgan fingerprint density at radius 3 is 1.66 bits per heavy atom. The molecule has 41 heavy (non-hydrogen) atoms. The largest absolute Gasteiger partial charge is 0.209 e. The maximum Gasteiger partial charge on any atom is 0.164 e. The molecule has 0 radical (unpaired) electrons. The van der Waals surface area contributed by atoms with E-state index in [9.17, 15) is 0 Å². The SMILES string of the molecule is C=C/C=C(\C)c1nc(C(=C)/C=C\C)nc(-c2cc(Br)cc(-c3nc(-c4ccccc4)nc(-c4ccccc4)n3)c2)n1. The van der Waals surface area contributed by atoms with E-state index in [-0.39, 0.29) is 0 Å². The normalized spacial score (nSPS) is 11.5. The molecule has 0 fully saturated rings. The Bertz CT molecular complexity index is 1740. The summed E-state index contributed by atoms with van der Waals surface area (Å²) in [5.74, 6) is 3.28. The van der Waals surface area contributed by atoms with Crippen molar-refractivity contribution in [2.24, 2.45) is 0 Å². The van der Waals surface area contributed by atoms with Crippen LogP contribution >= 0.6 is 15.9 Å². The highest BCUT2D eigenvalue weighted by atomic mass is 79.9. The molecule has 7 heteroatoms. The van der Waals surface area contributed by atoms with Gasteiger partial charge in [0.2, 0.25) is 0 Å². The Morgan fingerprint density at radius 1 is 0.659 bits per heavy atom. The van der Waals surface area contributed by atoms with Crippen molar-refractivity contribution in [1.82, 2.24) is 29.9 Å². The van der Waals surface area contributed by atoms with Crippen molar-refractivity contribution in [3.05, 3.63) is 132 Å². The lowest BCUT2D eigenvalue weighted by molar-refractivity contribution is 0.999. The second-order valence-corrected chi connectivity index (χ2v) is 10.1. The average molecular weight is 600 g/mol. The van der Waals surface area contributed by atoms with Crippen LogP contribution in [0.2, 0.25) is 0 Å². The Hall–Kier alpha value is -4.88. The molecule has 0 spiro atoms. The summed E-state index contributed by atoms with van der Waals surface area (Å²) in [5, 5.41) is 0. The fourth-order valence-electron chi connectivity index (χ4n) is 4.14. The third kappa shape index (κ3) is 6.48. The van der Waals surface area contributed by atoms with Crippen LogP contribution in [-0.4, -0.2) is 29.9 Å². The van der Waals surface area contributed by atoms with Crippen LogP contribution in [0, 0.1) is 0 Å². The standard InChI is InChI=1S/C34H27BrN6/c1-5-13-22(3)29-36-30(23(4)14-6-2)38-33(37-29)26-19-27(21-28(35)20-26)34-40-31(24-15-9-7-10-16-24)39-32(41-34)25-17-11-8-12-18-25/h5-21H,1,4H2,2-3H3/b14-6-,22-13+. The summed E-state index contributed by atoms with van der Waals surface area (Å²) in [6, 6.07) is 25.7. The van der Waals surface area contributed by atoms with Crippen molar-refractivity contribution < 1.29 is 0 Å². The molecule has 0 N–H and O–H groups in total. The Kier molecular flexibility index (Phi) is 8.46. The van der Waals surface area contributed by atoms with Gasteiger partial charge in [0.1, 0.15) is 0 Å². The van der Waals surface area contributed by atoms with Crippen LogP contribution in [0.1, 0.15) is 25.5 Å². The monoisotopic (exact) mass is 598 g/mol. The van der Waals surface area contributed by atoms with E-state index in [4.69, 9.17) is 24.9 Å². The van der Waals surface area contributed by atoms with Gasteiger partial charge in [0, 0.05) is 32.3 Å². The van der Waals surface area contributed by atoms with Crippen LogP contribution in [-0.2, 0) is 0 Å². The Balaban J connectivity index is 1.69. The third-order valence-electron chi connectivity index (χ3n) is 6.12. The predicted octanol–water partition coefficient (Wildman–Crippen LogP) is 8.67. The van der Waals surface area contributed by atoms with Crippen LogP contribution < -0.4 is 0 Å². The number of hydrogen-bond donors (Lipinski definition) is 0. The smallest absolute Gasteiger partial charge is 0.164 e. The predicted molar refractivity (Wildman–Crippen MR) is 170 cm³/mol. The number of halogens is 1. The molecule has 0 unspecified atom stereocenters. The van der Waals surface area contributed by atoms with E-state index in [0.717, 1.165) is 32.3 Å². The zero-order valence-electron chi connectivity index (χ0n) is 22.8. The molecule has 0 aliphatic carbocycles. The molecule has 5 aromatic rings. The minimum Gasteiger partial charge on any atom is -0.209 e. The molecule has 0 bridgehead atoms. The van der Waals surface area contributed by atoms with Gasteiger partial charge >= 0.3 is 0 Å². The number of nitrogens with zero attached hydrogens (tertiary/aromatic N) is 6. The van der Waals surface area contributed by atoms with Gasteiger partial charge in [-0.2, -0.15) is 0 Å². The van der Waals surface area contributed by atoms with Crippen LogP contribution in [0.25, 0.3) is 56.7 Å². The average Bonchev–Trinajstić information content (AvgIpc) is 3.01. The van der Waals surface area contributed by atoms with E-state index >= 15 is 0 Å². The maximum atomic E-state index is 4.88. The van der Waals surface area contributed by atoms with Crippen LogP contribution in [0.15, 0.2) is 121 Å². The van der Waals surface area contributed by atoms with E-state index in [1.807, 2.05) is 111 Å². The van der Waals surface area contributed by atoms with E-state index in [2.05, 4.69) is 34.1 Å². The molecule has 5 rings (SSSR count). The molecular weight excluding hydrogens is 572 g/mol. The number of benzene rings is 3. The number of hydrogen-bond acceptors (Lipinski definition) is 6. The zero-order valence-corrected chi connectivity index (χ0v) is 24.4. The van der Waals surface area contributed by atoms with Crippen molar-refractivity contribution in [3.63, 3.8) is 0 Å². The van der Waals surface area contributed by atoms with Gasteiger partial charge in [-0.15, -0.1) is 0 Å². The van der Waals surface area contributed by atoms with Gasteiger partial charge in [0.15, 0.2) is 34.9 Å². The molecule has 0 atom stereocenters. The summed E-state index contributed by atoms with van der Waals surface area (Å²) < 4.78 is 0.835. The van der Waals surface area contributed by atoms with E-state index in [1.54, 1.807) is 6.08 Å². The first-order chi connectivity index (χ1) is 19.9. The van der Waals surface area contributed by atoms with Crippen molar-refractivity contribution in [1.29, 1.82) is 0 Å². The van der Waals surface area contributed by atoms with Crippen molar-refractivity contribution in [2.75, 3.05) is 0 Å². The van der Waals surface area contributed by atoms with Crippen LogP contribution in [0.3, 0.4) is 0 Å². The van der Waals surface area contributed by atoms with Gasteiger partial charge in [0.25, 0.3) is 0 Å². The first-order valence-corrected chi connectivity index (χ1v) is 13.8. The topological polar surface area (TPSA) is 77.3 Å². The van der Waals surface area contributed by atoms with E-state index in [1.165, 1.54) is 0 Å². The lowest BCUT2D eigenvalue weighted by Gasteiger charge is -2.11. The molecule has 0 aliphatic rings. The number of allylic oxidation sites excluding steroid dienone is 6. The molecule has 3 aromatic carbocycles. The van der Waals surface area contributed by atoms with Gasteiger partial charge < -0.3 is 0 Å². The van der Waals surface area contributed by atoms with Crippen LogP contribution in [0.5, 0.6) is 0 Å². The van der Waals surface area contributed by atoms with Crippen molar-refractivity contribution >= 4 is 27.1 Å². The molecule has 2 aromatic heterocycles. The molecule has 2 heterocycles. The summed E-state index contributed by atoms with van der Waals surface area (Å²) in [6.45, 7) is 11.8. The second-order valence-electron chi connectivity index (χ2n) is 9.18. The highest BCUT2D eigenvalue weighted by Gasteiger charge is 2.16. The molecule has 0 aliphatic heterocycles. The number of rotatable bonds is 8. The fraction of sp³-hybridized carbons (Fsp3) is 0.0588. The summed E-state index contributed by atoms with van der Waals surface area (Å²) in [4.78, 5) is 28.8. The zero-order chi connectivity index (χ0) is 28.8. The summed E-state index contributed by atoms with van der Waals surface area (Å²) >= 11 is 3.68. The maximum absolute atomic E-state index is 4.88. The van der Waals surface area contributed by atoms with Gasteiger partial charge in [-0.25, -0.2) is 29.9 Å². The Labute approximate surface area is 248 Å². The Morgan fingerprint density at radius 2 is 1.15 bits per heavy atom. The fourth-order valence-corrected chi connectivity index (χ4v) is 4.63. The second kappa shape index (κ2) is 12.5. The highest BCUT2D eigenvalue weighted by molar-refractivity contribution is 9.10. The molecule has 200 valence electrons. The van der Waals surface area contributed by atoms with Crippen molar-refractivity contribution in [3.8, 4) is 45.6 Å². The summed E-state index contributed by atoms with van der Waals surface area (Å²) in [6.07, 6.45) is 7.37. The number of aromatic nitrogens is 6. The van der Waals surface area contributed by atoms with Gasteiger partial charge in [0.05, 0.1) is 0 Å². The van der Waals surface area contributed by atoms with Crippen molar-refractivity contribution in [2.45, 2.75) is 13.8 Å². The minimum absolute atomic E-state index is 0.499.